The van der Waals surface area contributed by atoms with E-state index in [0.717, 1.165) is 5.56 Å². The Morgan fingerprint density at radius 1 is 1.10 bits per heavy atom. The van der Waals surface area contributed by atoms with Gasteiger partial charge in [0.05, 0.1) is 18.0 Å². The minimum absolute atomic E-state index is 0.0144. The average Bonchev–Trinajstić information content (AvgIpc) is 3.10. The molecule has 1 spiro atoms. The van der Waals surface area contributed by atoms with Crippen LogP contribution in [0.15, 0.2) is 42.6 Å². The van der Waals surface area contributed by atoms with Crippen LogP contribution in [-0.4, -0.2) is 52.9 Å². The van der Waals surface area contributed by atoms with Crippen LogP contribution >= 0.6 is 0 Å². The van der Waals surface area contributed by atoms with E-state index in [2.05, 4.69) is 27.4 Å². The number of benzene rings is 1. The Hall–Kier alpha value is -3.42. The zero-order valence-electron chi connectivity index (χ0n) is 17.4. The fourth-order valence-electron chi connectivity index (χ4n) is 5.10. The number of hydrogen-bond donors (Lipinski definition) is 2. The normalized spacial score (nSPS) is 21.4. The summed E-state index contributed by atoms with van der Waals surface area (Å²) in [4.78, 5) is 46.3. The van der Waals surface area contributed by atoms with Crippen LogP contribution in [0.4, 0.5) is 5.82 Å². The standard InChI is InChI=1S/C23H25N5O3/c1-2-28-20-17(8-5-11-24-20)22(31)26-23(28)9-12-27(13-10-23)19(29)14-18-15-6-3-4-7-16(15)21(30)25-18/h3-8,11,18H,2,9-10,12-14H2,1H3,(H,25,30)(H,26,31)/t18-/m0/s1. The molecular weight excluding hydrogens is 394 g/mol. The van der Waals surface area contributed by atoms with E-state index in [1.165, 1.54) is 0 Å². The molecule has 160 valence electrons. The number of hydrogen-bond acceptors (Lipinski definition) is 5. The van der Waals surface area contributed by atoms with Gasteiger partial charge in [0.25, 0.3) is 11.8 Å². The quantitative estimate of drug-likeness (QED) is 0.792. The molecule has 0 unspecified atom stereocenters. The maximum absolute atomic E-state index is 13.0. The number of rotatable bonds is 3. The van der Waals surface area contributed by atoms with Crippen LogP contribution in [-0.2, 0) is 4.79 Å². The summed E-state index contributed by atoms with van der Waals surface area (Å²) < 4.78 is 0. The molecule has 2 aromatic rings. The van der Waals surface area contributed by atoms with Crippen molar-refractivity contribution >= 4 is 23.5 Å². The minimum atomic E-state index is -0.530. The van der Waals surface area contributed by atoms with Crippen LogP contribution in [0.2, 0.25) is 0 Å². The van der Waals surface area contributed by atoms with Gasteiger partial charge < -0.3 is 20.4 Å². The van der Waals surface area contributed by atoms with Crippen LogP contribution in [0, 0.1) is 0 Å². The topological polar surface area (TPSA) is 94.6 Å². The molecule has 1 fully saturated rings. The first kappa shape index (κ1) is 19.5. The van der Waals surface area contributed by atoms with E-state index in [1.807, 2.05) is 23.1 Å². The Kier molecular flexibility index (Phi) is 4.64. The molecule has 31 heavy (non-hydrogen) atoms. The summed E-state index contributed by atoms with van der Waals surface area (Å²) in [5.41, 5.74) is 1.59. The van der Waals surface area contributed by atoms with Crippen molar-refractivity contribution in [1.82, 2.24) is 20.5 Å². The van der Waals surface area contributed by atoms with E-state index in [9.17, 15) is 14.4 Å². The molecule has 0 saturated carbocycles. The molecule has 0 bridgehead atoms. The molecule has 0 radical (unpaired) electrons. The number of piperidine rings is 1. The second-order valence-electron chi connectivity index (χ2n) is 8.30. The lowest BCUT2D eigenvalue weighted by atomic mass is 9.90. The van der Waals surface area contributed by atoms with Gasteiger partial charge in [-0.05, 0) is 30.7 Å². The Morgan fingerprint density at radius 2 is 1.84 bits per heavy atom. The number of carbonyl (C=O) groups excluding carboxylic acids is 3. The lowest BCUT2D eigenvalue weighted by Crippen LogP contribution is -2.68. The van der Waals surface area contributed by atoms with Crippen molar-refractivity contribution in [2.24, 2.45) is 0 Å². The van der Waals surface area contributed by atoms with Crippen LogP contribution in [0.25, 0.3) is 0 Å². The van der Waals surface area contributed by atoms with Crippen molar-refractivity contribution in [3.8, 4) is 0 Å². The van der Waals surface area contributed by atoms with Crippen LogP contribution in [0.1, 0.15) is 58.5 Å². The highest BCUT2D eigenvalue weighted by Gasteiger charge is 2.46. The number of fused-ring (bicyclic) bond motifs is 2. The van der Waals surface area contributed by atoms with Crippen LogP contribution < -0.4 is 15.5 Å². The highest BCUT2D eigenvalue weighted by Crippen LogP contribution is 2.36. The molecule has 1 saturated heterocycles. The van der Waals surface area contributed by atoms with Gasteiger partial charge in [-0.25, -0.2) is 4.98 Å². The van der Waals surface area contributed by atoms with E-state index in [1.54, 1.807) is 24.4 Å². The van der Waals surface area contributed by atoms with E-state index in [0.29, 0.717) is 49.4 Å². The largest absolute Gasteiger partial charge is 0.345 e. The fraction of sp³-hybridized carbons (Fsp3) is 0.391. The third-order valence-electron chi connectivity index (χ3n) is 6.67. The average molecular weight is 419 g/mol. The summed E-state index contributed by atoms with van der Waals surface area (Å²) in [6.07, 6.45) is 3.20. The van der Waals surface area contributed by atoms with Crippen molar-refractivity contribution in [3.05, 3.63) is 59.3 Å². The Morgan fingerprint density at radius 3 is 2.61 bits per heavy atom. The summed E-state index contributed by atoms with van der Waals surface area (Å²) in [7, 11) is 0. The van der Waals surface area contributed by atoms with E-state index in [4.69, 9.17) is 0 Å². The van der Waals surface area contributed by atoms with Crippen LogP contribution in [0.3, 0.4) is 0 Å². The van der Waals surface area contributed by atoms with Crippen LogP contribution in [0.5, 0.6) is 0 Å². The number of nitrogens with one attached hydrogen (secondary N) is 2. The number of likely N-dealkylation sites (tertiary alicyclic amines) is 1. The maximum atomic E-state index is 13.0. The van der Waals surface area contributed by atoms with Gasteiger partial charge in [-0.2, -0.15) is 0 Å². The van der Waals surface area contributed by atoms with E-state index in [-0.39, 0.29) is 30.2 Å². The predicted octanol–water partition coefficient (Wildman–Crippen LogP) is 1.84. The minimum Gasteiger partial charge on any atom is -0.345 e. The first-order valence-electron chi connectivity index (χ1n) is 10.7. The molecule has 8 heteroatoms. The molecule has 1 aromatic carbocycles. The molecule has 3 aliphatic rings. The van der Waals surface area contributed by atoms with Gasteiger partial charge in [0.2, 0.25) is 5.91 Å². The number of amides is 3. The molecule has 3 amide bonds. The Balaban J connectivity index is 1.29. The molecule has 3 aliphatic heterocycles. The molecule has 1 aromatic heterocycles. The summed E-state index contributed by atoms with van der Waals surface area (Å²) >= 11 is 0. The molecular formula is C23H25N5O3. The maximum Gasteiger partial charge on any atom is 0.256 e. The van der Waals surface area contributed by atoms with Crippen molar-refractivity contribution in [1.29, 1.82) is 0 Å². The highest BCUT2D eigenvalue weighted by molar-refractivity contribution is 6.01. The van der Waals surface area contributed by atoms with Gasteiger partial charge in [-0.1, -0.05) is 18.2 Å². The summed E-state index contributed by atoms with van der Waals surface area (Å²) in [6, 6.07) is 10.7. The molecule has 8 nitrogen and oxygen atoms in total. The Labute approximate surface area is 180 Å². The summed E-state index contributed by atoms with van der Waals surface area (Å²) in [5, 5.41) is 6.11. The van der Waals surface area contributed by atoms with Crippen molar-refractivity contribution in [2.75, 3.05) is 24.5 Å². The molecule has 4 heterocycles. The van der Waals surface area contributed by atoms with Gasteiger partial charge in [0.15, 0.2) is 0 Å². The second kappa shape index (κ2) is 7.37. The lowest BCUT2D eigenvalue weighted by Gasteiger charge is -2.51. The zero-order valence-corrected chi connectivity index (χ0v) is 17.4. The van der Waals surface area contributed by atoms with Gasteiger partial charge in [0, 0.05) is 44.2 Å². The number of aromatic nitrogens is 1. The van der Waals surface area contributed by atoms with Crippen molar-refractivity contribution < 1.29 is 14.4 Å². The fourth-order valence-corrected chi connectivity index (χ4v) is 5.10. The SMILES string of the molecule is CCN1c2ncccc2C(=O)NC12CCN(C(=O)C[C@@H]1NC(=O)c3ccccc31)CC2. The summed E-state index contributed by atoms with van der Waals surface area (Å²) in [5.74, 6) is 0.484. The van der Waals surface area contributed by atoms with E-state index < -0.39 is 5.66 Å². The monoisotopic (exact) mass is 419 g/mol. The first-order chi connectivity index (χ1) is 15.0. The second-order valence-corrected chi connectivity index (χ2v) is 8.30. The molecule has 5 rings (SSSR count). The lowest BCUT2D eigenvalue weighted by molar-refractivity contribution is -0.133. The predicted molar refractivity (Wildman–Crippen MR) is 115 cm³/mol. The van der Waals surface area contributed by atoms with Crippen molar-refractivity contribution in [3.63, 3.8) is 0 Å². The smallest absolute Gasteiger partial charge is 0.256 e. The molecule has 0 aliphatic carbocycles. The zero-order chi connectivity index (χ0) is 21.6. The first-order valence-corrected chi connectivity index (χ1v) is 10.7. The van der Waals surface area contributed by atoms with Gasteiger partial charge in [-0.3, -0.25) is 14.4 Å². The molecule has 2 N–H and O–H groups in total. The highest BCUT2D eigenvalue weighted by atomic mass is 16.2. The van der Waals surface area contributed by atoms with E-state index >= 15 is 0 Å². The van der Waals surface area contributed by atoms with Gasteiger partial charge in [-0.15, -0.1) is 0 Å². The van der Waals surface area contributed by atoms with Crippen molar-refractivity contribution in [2.45, 2.75) is 37.9 Å². The number of nitrogens with zero attached hydrogens (tertiary/aromatic N) is 3. The van der Waals surface area contributed by atoms with Gasteiger partial charge in [0.1, 0.15) is 11.5 Å². The number of carbonyl (C=O) groups is 3. The third kappa shape index (κ3) is 3.13. The Bertz CT molecular complexity index is 1060. The van der Waals surface area contributed by atoms with Gasteiger partial charge >= 0.3 is 0 Å². The summed E-state index contributed by atoms with van der Waals surface area (Å²) in [6.45, 7) is 3.85. The third-order valence-corrected chi connectivity index (χ3v) is 6.67. The number of pyridine rings is 1. The number of anilines is 1. The molecule has 1 atom stereocenters.